The maximum absolute atomic E-state index is 11.8. The number of hydrogen-bond acceptors (Lipinski definition) is 6. The molecule has 0 aliphatic carbocycles. The number of aromatic nitrogens is 2. The lowest BCUT2D eigenvalue weighted by atomic mass is 10.2. The van der Waals surface area contributed by atoms with Gasteiger partial charge in [-0.25, -0.2) is 9.97 Å². The number of aryl methyl sites for hydroxylation is 1. The number of nitrogens with zero attached hydrogens (tertiary/aromatic N) is 2. The predicted octanol–water partition coefficient (Wildman–Crippen LogP) is 1.95. The third-order valence-corrected chi connectivity index (χ3v) is 5.07. The van der Waals surface area contributed by atoms with Crippen LogP contribution in [0, 0.1) is 6.92 Å². The molecule has 1 amide bonds. The second-order valence-corrected chi connectivity index (χ2v) is 6.61. The van der Waals surface area contributed by atoms with Gasteiger partial charge in [0.2, 0.25) is 0 Å². The van der Waals surface area contributed by atoms with Crippen LogP contribution in [-0.4, -0.2) is 29.0 Å². The normalized spacial score (nSPS) is 14.1. The van der Waals surface area contributed by atoms with E-state index in [1.54, 1.807) is 11.3 Å². The zero-order chi connectivity index (χ0) is 13.9. The predicted molar refractivity (Wildman–Crippen MR) is 78.4 cm³/mol. The van der Waals surface area contributed by atoms with E-state index in [-0.39, 0.29) is 5.91 Å². The molecule has 3 rings (SSSR count). The molecule has 5 nitrogen and oxygen atoms in total. The van der Waals surface area contributed by atoms with Crippen LogP contribution in [0.1, 0.15) is 31.1 Å². The van der Waals surface area contributed by atoms with E-state index in [1.165, 1.54) is 16.2 Å². The van der Waals surface area contributed by atoms with Gasteiger partial charge in [-0.2, -0.15) is 0 Å². The van der Waals surface area contributed by atoms with Crippen molar-refractivity contribution < 1.29 is 9.53 Å². The van der Waals surface area contributed by atoms with Gasteiger partial charge in [0, 0.05) is 30.5 Å². The Morgan fingerprint density at radius 3 is 3.15 bits per heavy atom. The molecule has 0 spiro atoms. The van der Waals surface area contributed by atoms with Crippen molar-refractivity contribution in [3.63, 3.8) is 0 Å². The first-order valence-corrected chi connectivity index (χ1v) is 8.17. The highest BCUT2D eigenvalue weighted by Crippen LogP contribution is 2.23. The first-order chi connectivity index (χ1) is 9.72. The van der Waals surface area contributed by atoms with E-state index in [0.717, 1.165) is 35.8 Å². The number of carbonyl (C=O) groups excluding carboxylic acids is 1. The fraction of sp³-hybridized carbons (Fsp3) is 0.462. The van der Waals surface area contributed by atoms with E-state index in [9.17, 15) is 4.79 Å². The average molecular weight is 309 g/mol. The second kappa shape index (κ2) is 5.99. The molecular formula is C13H15N3O2S2. The van der Waals surface area contributed by atoms with E-state index >= 15 is 0 Å². The summed E-state index contributed by atoms with van der Waals surface area (Å²) in [7, 11) is 0. The summed E-state index contributed by atoms with van der Waals surface area (Å²) < 4.78 is 5.41. The number of carbonyl (C=O) groups is 1. The average Bonchev–Trinajstić information content (AvgIpc) is 3.04. The minimum absolute atomic E-state index is 0.104. The molecule has 1 N–H and O–H groups in total. The highest BCUT2D eigenvalue weighted by molar-refractivity contribution is 7.12. The van der Waals surface area contributed by atoms with Crippen LogP contribution in [0.3, 0.4) is 0 Å². The van der Waals surface area contributed by atoms with Crippen LogP contribution in [0.25, 0.3) is 0 Å². The van der Waals surface area contributed by atoms with E-state index in [1.807, 2.05) is 12.3 Å². The number of rotatable bonds is 4. The minimum Gasteiger partial charge on any atom is -0.375 e. The number of amides is 1. The Bertz CT molecular complexity index is 597. The maximum Gasteiger partial charge on any atom is 0.280 e. The lowest BCUT2D eigenvalue weighted by molar-refractivity contribution is 0.0953. The van der Waals surface area contributed by atoms with E-state index in [0.29, 0.717) is 18.2 Å². The lowest BCUT2D eigenvalue weighted by Gasteiger charge is -2.08. The van der Waals surface area contributed by atoms with Crippen LogP contribution in [0.4, 0.5) is 0 Å². The van der Waals surface area contributed by atoms with Gasteiger partial charge in [0.05, 0.1) is 28.8 Å². The number of hydrogen-bond donors (Lipinski definition) is 1. The molecule has 20 heavy (non-hydrogen) atoms. The molecule has 0 aromatic carbocycles. The molecule has 7 heteroatoms. The van der Waals surface area contributed by atoms with Crippen molar-refractivity contribution in [2.45, 2.75) is 26.4 Å². The summed E-state index contributed by atoms with van der Waals surface area (Å²) in [6.07, 6.45) is 1.66. The molecule has 0 radical (unpaired) electrons. The summed E-state index contributed by atoms with van der Waals surface area (Å²) in [5.41, 5.74) is 2.05. The zero-order valence-electron chi connectivity index (χ0n) is 11.1. The molecule has 3 heterocycles. The quantitative estimate of drug-likeness (QED) is 0.937. The number of fused-ring (bicyclic) bond motifs is 1. The van der Waals surface area contributed by atoms with Gasteiger partial charge in [-0.15, -0.1) is 22.7 Å². The summed E-state index contributed by atoms with van der Waals surface area (Å²) in [6, 6.07) is 0. The molecule has 0 saturated carbocycles. The van der Waals surface area contributed by atoms with Gasteiger partial charge >= 0.3 is 0 Å². The molecule has 106 valence electrons. The monoisotopic (exact) mass is 309 g/mol. The van der Waals surface area contributed by atoms with E-state index in [2.05, 4.69) is 15.3 Å². The Balaban J connectivity index is 1.52. The fourth-order valence-corrected chi connectivity index (χ4v) is 3.77. The zero-order valence-corrected chi connectivity index (χ0v) is 12.8. The summed E-state index contributed by atoms with van der Waals surface area (Å²) in [6.45, 7) is 3.91. The van der Waals surface area contributed by atoms with Crippen LogP contribution in [-0.2, 0) is 24.2 Å². The van der Waals surface area contributed by atoms with Crippen molar-refractivity contribution in [1.29, 1.82) is 0 Å². The number of thiazole rings is 2. The third-order valence-electron chi connectivity index (χ3n) is 2.98. The van der Waals surface area contributed by atoms with Gasteiger partial charge in [-0.1, -0.05) is 0 Å². The standard InChI is InChI=1S/C13H15N3O2S2/c1-8-7-19-13(15-8)12(17)14-4-2-11-16-9-3-5-18-6-10(9)20-11/h7H,2-6H2,1H3,(H,14,17). The Labute approximate surface area is 125 Å². The van der Waals surface area contributed by atoms with Crippen LogP contribution in [0.5, 0.6) is 0 Å². The van der Waals surface area contributed by atoms with Gasteiger partial charge in [0.1, 0.15) is 0 Å². The van der Waals surface area contributed by atoms with Crippen molar-refractivity contribution in [3.8, 4) is 0 Å². The Morgan fingerprint density at radius 2 is 2.40 bits per heavy atom. The number of ether oxygens (including phenoxy) is 1. The highest BCUT2D eigenvalue weighted by atomic mass is 32.1. The first-order valence-electron chi connectivity index (χ1n) is 6.48. The van der Waals surface area contributed by atoms with Gasteiger partial charge in [0.25, 0.3) is 5.91 Å². The summed E-state index contributed by atoms with van der Waals surface area (Å²) in [5, 5.41) is 6.35. The van der Waals surface area contributed by atoms with Crippen LogP contribution >= 0.6 is 22.7 Å². The first kappa shape index (κ1) is 13.7. The Morgan fingerprint density at radius 1 is 1.50 bits per heavy atom. The topological polar surface area (TPSA) is 64.1 Å². The summed E-state index contributed by atoms with van der Waals surface area (Å²) in [5.74, 6) is -0.104. The van der Waals surface area contributed by atoms with Crippen LogP contribution in [0.15, 0.2) is 5.38 Å². The molecule has 0 saturated heterocycles. The molecule has 0 unspecified atom stereocenters. The minimum atomic E-state index is -0.104. The Kier molecular flexibility index (Phi) is 4.09. The van der Waals surface area contributed by atoms with Gasteiger partial charge in [0.15, 0.2) is 5.01 Å². The molecule has 0 atom stereocenters. The van der Waals surface area contributed by atoms with Crippen molar-refractivity contribution >= 4 is 28.6 Å². The van der Waals surface area contributed by atoms with Crippen molar-refractivity contribution in [2.75, 3.05) is 13.2 Å². The summed E-state index contributed by atoms with van der Waals surface area (Å²) in [4.78, 5) is 21.8. The van der Waals surface area contributed by atoms with Crippen molar-refractivity contribution in [3.05, 3.63) is 31.7 Å². The van der Waals surface area contributed by atoms with Gasteiger partial charge in [-0.05, 0) is 6.92 Å². The molecule has 0 fully saturated rings. The maximum atomic E-state index is 11.8. The molecule has 2 aromatic heterocycles. The molecule has 2 aromatic rings. The Hall–Kier alpha value is -1.31. The lowest BCUT2D eigenvalue weighted by Crippen LogP contribution is -2.25. The van der Waals surface area contributed by atoms with Crippen molar-refractivity contribution in [2.24, 2.45) is 0 Å². The van der Waals surface area contributed by atoms with E-state index < -0.39 is 0 Å². The molecular weight excluding hydrogens is 294 g/mol. The number of nitrogens with one attached hydrogen (secondary N) is 1. The highest BCUT2D eigenvalue weighted by Gasteiger charge is 2.15. The largest absolute Gasteiger partial charge is 0.375 e. The SMILES string of the molecule is Cc1csc(C(=O)NCCc2nc3c(s2)COCC3)n1. The van der Waals surface area contributed by atoms with Gasteiger partial charge in [-0.3, -0.25) is 4.79 Å². The third kappa shape index (κ3) is 3.05. The second-order valence-electron chi connectivity index (χ2n) is 4.58. The van der Waals surface area contributed by atoms with Crippen molar-refractivity contribution in [1.82, 2.24) is 15.3 Å². The molecule has 1 aliphatic heterocycles. The van der Waals surface area contributed by atoms with Crippen LogP contribution < -0.4 is 5.32 Å². The van der Waals surface area contributed by atoms with Crippen LogP contribution in [0.2, 0.25) is 0 Å². The molecule has 0 bridgehead atoms. The summed E-state index contributed by atoms with van der Waals surface area (Å²) >= 11 is 3.06. The van der Waals surface area contributed by atoms with E-state index in [4.69, 9.17) is 4.74 Å². The fourth-order valence-electron chi connectivity index (χ4n) is 2.00. The van der Waals surface area contributed by atoms with Gasteiger partial charge < -0.3 is 10.1 Å². The molecule has 1 aliphatic rings. The smallest absolute Gasteiger partial charge is 0.280 e.